The van der Waals surface area contributed by atoms with Crippen molar-refractivity contribution in [1.82, 2.24) is 5.32 Å². The Balaban J connectivity index is 1.96. The van der Waals surface area contributed by atoms with Crippen molar-refractivity contribution in [3.63, 3.8) is 0 Å². The van der Waals surface area contributed by atoms with E-state index in [1.165, 1.54) is 19.2 Å². The highest BCUT2D eigenvalue weighted by atomic mass is 16.5. The molecule has 2 atom stereocenters. The van der Waals surface area contributed by atoms with Crippen LogP contribution in [-0.4, -0.2) is 43.6 Å². The maximum atomic E-state index is 12.1. The van der Waals surface area contributed by atoms with Gasteiger partial charge in [-0.25, -0.2) is 0 Å². The lowest BCUT2D eigenvalue weighted by molar-refractivity contribution is -0.143. The first kappa shape index (κ1) is 18.8. The number of fused-ring (bicyclic) bond motifs is 1. The first-order valence-electron chi connectivity index (χ1n) is 8.56. The van der Waals surface area contributed by atoms with Gasteiger partial charge in [-0.3, -0.25) is 10.1 Å². The number of phenols is 2. The Bertz CT molecular complexity index is 851. The van der Waals surface area contributed by atoms with E-state index >= 15 is 0 Å². The Labute approximate surface area is 157 Å². The van der Waals surface area contributed by atoms with Crippen molar-refractivity contribution in [2.75, 3.05) is 21.3 Å². The number of esters is 1. The molecule has 3 N–H and O–H groups in total. The largest absolute Gasteiger partial charge is 0.504 e. The monoisotopic (exact) mass is 373 g/mol. The van der Waals surface area contributed by atoms with Gasteiger partial charge >= 0.3 is 5.97 Å². The summed E-state index contributed by atoms with van der Waals surface area (Å²) in [5, 5.41) is 23.0. The first-order chi connectivity index (χ1) is 13.0. The van der Waals surface area contributed by atoms with E-state index in [9.17, 15) is 15.0 Å². The van der Waals surface area contributed by atoms with Gasteiger partial charge in [-0.1, -0.05) is 6.07 Å². The summed E-state index contributed by atoms with van der Waals surface area (Å²) < 4.78 is 15.5. The van der Waals surface area contributed by atoms with Gasteiger partial charge in [0.1, 0.15) is 6.04 Å². The number of carbonyl (C=O) groups excluding carboxylic acids is 1. The average Bonchev–Trinajstić information content (AvgIpc) is 2.68. The van der Waals surface area contributed by atoms with Crippen LogP contribution in [0.25, 0.3) is 0 Å². The van der Waals surface area contributed by atoms with Crippen LogP contribution in [0, 0.1) is 0 Å². The van der Waals surface area contributed by atoms with Crippen LogP contribution in [0.5, 0.6) is 23.0 Å². The third-order valence-corrected chi connectivity index (χ3v) is 4.81. The minimum atomic E-state index is -0.531. The lowest BCUT2D eigenvalue weighted by Crippen LogP contribution is -2.45. The first-order valence-corrected chi connectivity index (χ1v) is 8.56. The Hall–Kier alpha value is -2.93. The molecule has 0 fully saturated rings. The number of benzene rings is 2. The molecule has 7 heteroatoms. The van der Waals surface area contributed by atoms with Crippen molar-refractivity contribution in [1.29, 1.82) is 0 Å². The maximum absolute atomic E-state index is 12.1. The number of aromatic hydroxyl groups is 2. The Morgan fingerprint density at radius 1 is 1.07 bits per heavy atom. The average molecular weight is 373 g/mol. The minimum Gasteiger partial charge on any atom is -0.504 e. The minimum absolute atomic E-state index is 0.190. The number of ether oxygens (including phenoxy) is 3. The van der Waals surface area contributed by atoms with Crippen LogP contribution < -0.4 is 14.8 Å². The van der Waals surface area contributed by atoms with Crippen LogP contribution in [0.1, 0.15) is 22.7 Å². The van der Waals surface area contributed by atoms with E-state index in [1.807, 2.05) is 18.2 Å². The number of rotatable bonds is 5. The molecular weight excluding hydrogens is 350 g/mol. The van der Waals surface area contributed by atoms with Crippen molar-refractivity contribution in [2.24, 2.45) is 0 Å². The summed E-state index contributed by atoms with van der Waals surface area (Å²) in [5.41, 5.74) is 2.60. The second-order valence-corrected chi connectivity index (χ2v) is 6.43. The second kappa shape index (κ2) is 7.75. The molecule has 1 aliphatic rings. The third kappa shape index (κ3) is 3.78. The molecule has 0 spiro atoms. The predicted octanol–water partition coefficient (Wildman–Crippen LogP) is 2.09. The van der Waals surface area contributed by atoms with Gasteiger partial charge in [-0.15, -0.1) is 0 Å². The summed E-state index contributed by atoms with van der Waals surface area (Å²) >= 11 is 0. The van der Waals surface area contributed by atoms with E-state index in [4.69, 9.17) is 14.2 Å². The highest BCUT2D eigenvalue weighted by Crippen LogP contribution is 2.37. The molecule has 0 aromatic heterocycles. The summed E-state index contributed by atoms with van der Waals surface area (Å²) in [7, 11) is 4.49. The number of nitrogens with one attached hydrogen (secondary N) is 1. The fourth-order valence-corrected chi connectivity index (χ4v) is 3.45. The zero-order chi connectivity index (χ0) is 19.6. The molecule has 0 bridgehead atoms. The van der Waals surface area contributed by atoms with Gasteiger partial charge in [0, 0.05) is 6.04 Å². The number of phenolic OH excluding ortho intramolecular Hbond substituents is 2. The molecule has 2 aromatic rings. The van der Waals surface area contributed by atoms with Crippen LogP contribution in [0.4, 0.5) is 0 Å². The molecule has 0 saturated carbocycles. The van der Waals surface area contributed by atoms with Crippen LogP contribution in [0.3, 0.4) is 0 Å². The van der Waals surface area contributed by atoms with Gasteiger partial charge in [-0.2, -0.15) is 0 Å². The zero-order valence-electron chi connectivity index (χ0n) is 15.5. The lowest BCUT2D eigenvalue weighted by atomic mass is 9.86. The smallest absolute Gasteiger partial charge is 0.323 e. The van der Waals surface area contributed by atoms with Gasteiger partial charge in [0.25, 0.3) is 0 Å². The quantitative estimate of drug-likeness (QED) is 0.545. The van der Waals surface area contributed by atoms with Crippen molar-refractivity contribution < 1.29 is 29.2 Å². The summed E-state index contributed by atoms with van der Waals surface area (Å²) in [6.45, 7) is 0. The lowest BCUT2D eigenvalue weighted by Gasteiger charge is -2.32. The molecule has 0 aliphatic carbocycles. The van der Waals surface area contributed by atoms with E-state index in [0.717, 1.165) is 16.7 Å². The SMILES string of the molecule is COC(=O)[C@@H]1Cc2cc(O)c(O)cc2[C@H](Cc2ccc(OC)c(OC)c2)N1. The highest BCUT2D eigenvalue weighted by Gasteiger charge is 2.32. The van der Waals surface area contributed by atoms with Crippen LogP contribution in [0.2, 0.25) is 0 Å². The Morgan fingerprint density at radius 3 is 2.44 bits per heavy atom. The normalized spacial score (nSPS) is 18.5. The fourth-order valence-electron chi connectivity index (χ4n) is 3.45. The van der Waals surface area contributed by atoms with Crippen LogP contribution in [0.15, 0.2) is 30.3 Å². The molecule has 0 saturated heterocycles. The molecule has 0 amide bonds. The van der Waals surface area contributed by atoms with E-state index in [-0.39, 0.29) is 23.5 Å². The summed E-state index contributed by atoms with van der Waals surface area (Å²) in [6, 6.07) is 7.88. The molecule has 7 nitrogen and oxygen atoms in total. The number of carbonyl (C=O) groups is 1. The standard InChI is InChI=1S/C20H23NO6/c1-25-18-5-4-11(7-19(18)26-2)6-14-13-10-17(23)16(22)9-12(13)8-15(21-14)20(24)27-3/h4-5,7,9-10,14-15,21-23H,6,8H2,1-3H3/t14-,15-/m0/s1. The van der Waals surface area contributed by atoms with Gasteiger partial charge in [0.2, 0.25) is 0 Å². The molecule has 27 heavy (non-hydrogen) atoms. The third-order valence-electron chi connectivity index (χ3n) is 4.81. The van der Waals surface area contributed by atoms with Crippen molar-refractivity contribution in [2.45, 2.75) is 24.9 Å². The number of hydrogen-bond donors (Lipinski definition) is 3. The second-order valence-electron chi connectivity index (χ2n) is 6.43. The van der Waals surface area contributed by atoms with Gasteiger partial charge in [0.15, 0.2) is 23.0 Å². The van der Waals surface area contributed by atoms with Crippen molar-refractivity contribution in [3.05, 3.63) is 47.0 Å². The van der Waals surface area contributed by atoms with E-state index in [0.29, 0.717) is 24.3 Å². The van der Waals surface area contributed by atoms with E-state index in [1.54, 1.807) is 14.2 Å². The van der Waals surface area contributed by atoms with Crippen LogP contribution in [-0.2, 0) is 22.4 Å². The maximum Gasteiger partial charge on any atom is 0.323 e. The van der Waals surface area contributed by atoms with Gasteiger partial charge < -0.3 is 24.4 Å². The topological polar surface area (TPSA) is 97.3 Å². The summed E-state index contributed by atoms with van der Waals surface area (Å²) in [6.07, 6.45) is 0.920. The highest BCUT2D eigenvalue weighted by molar-refractivity contribution is 5.77. The number of hydrogen-bond acceptors (Lipinski definition) is 7. The molecule has 1 heterocycles. The molecule has 144 valence electrons. The Kier molecular flexibility index (Phi) is 5.41. The Morgan fingerprint density at radius 2 is 1.78 bits per heavy atom. The van der Waals surface area contributed by atoms with Crippen molar-refractivity contribution in [3.8, 4) is 23.0 Å². The van der Waals surface area contributed by atoms with Gasteiger partial charge in [0.05, 0.1) is 21.3 Å². The summed E-state index contributed by atoms with van der Waals surface area (Å²) in [5.74, 6) is 0.483. The van der Waals surface area contributed by atoms with Crippen LogP contribution >= 0.6 is 0 Å². The molecule has 0 unspecified atom stereocenters. The molecule has 3 rings (SSSR count). The fraction of sp³-hybridized carbons (Fsp3) is 0.350. The number of methoxy groups -OCH3 is 3. The van der Waals surface area contributed by atoms with Gasteiger partial charge in [-0.05, 0) is 53.8 Å². The zero-order valence-corrected chi connectivity index (χ0v) is 15.5. The predicted molar refractivity (Wildman–Crippen MR) is 98.4 cm³/mol. The summed E-state index contributed by atoms with van der Waals surface area (Å²) in [4.78, 5) is 12.1. The molecule has 0 radical (unpaired) electrons. The van der Waals surface area contributed by atoms with E-state index in [2.05, 4.69) is 5.32 Å². The molecule has 2 aromatic carbocycles. The van der Waals surface area contributed by atoms with Crippen molar-refractivity contribution >= 4 is 5.97 Å². The molecule has 1 aliphatic heterocycles. The van der Waals surface area contributed by atoms with E-state index < -0.39 is 6.04 Å². The molecular formula is C20H23NO6.